The molecule has 3 aromatic carbocycles. The van der Waals surface area contributed by atoms with Crippen molar-refractivity contribution >= 4 is 0 Å². The van der Waals surface area contributed by atoms with Crippen molar-refractivity contribution in [1.29, 1.82) is 0 Å². The Balaban J connectivity index is 1.14. The van der Waals surface area contributed by atoms with Gasteiger partial charge in [-0.25, -0.2) is 0 Å². The number of ether oxygens (including phenoxy) is 3. The third-order valence-electron chi connectivity index (χ3n) is 7.84. The summed E-state index contributed by atoms with van der Waals surface area (Å²) in [5.74, 6) is 0. The zero-order valence-electron chi connectivity index (χ0n) is 23.8. The maximum Gasteiger partial charge on any atom is 0.157 e. The highest BCUT2D eigenvalue weighted by molar-refractivity contribution is 5.47. The minimum absolute atomic E-state index is 0.0654. The van der Waals surface area contributed by atoms with Crippen LogP contribution in [0.3, 0.4) is 0 Å². The minimum atomic E-state index is -0.599. The average Bonchev–Trinajstić information content (AvgIpc) is 3.01. The Bertz CT molecular complexity index is 903. The standard InChI is InChI=1S/C36H48O3/c1(3-5-7-19-29-37-35-28-18-21-30-38-35)2-4-6-8-20-31-39-36(32-22-12-9-13-23-32,33-24-14-10-15-25-33)34-26-16-11-17-27-34/h9-17,22-27,35H,1-8,18-21,28-31H2. The van der Waals surface area contributed by atoms with Crippen molar-refractivity contribution < 1.29 is 14.2 Å². The molecule has 0 aliphatic carbocycles. The molecule has 0 spiro atoms. The minimum Gasteiger partial charge on any atom is -0.361 e. The number of rotatable bonds is 18. The van der Waals surface area contributed by atoms with Gasteiger partial charge < -0.3 is 14.2 Å². The molecular formula is C36H48O3. The maximum absolute atomic E-state index is 6.90. The Kier molecular flexibility index (Phi) is 13.1. The normalized spacial score (nSPS) is 15.8. The van der Waals surface area contributed by atoms with Crippen molar-refractivity contribution in [2.45, 2.75) is 95.4 Å². The van der Waals surface area contributed by atoms with Gasteiger partial charge in [0.05, 0.1) is 0 Å². The van der Waals surface area contributed by atoms with Gasteiger partial charge in [0.2, 0.25) is 0 Å². The summed E-state index contributed by atoms with van der Waals surface area (Å²) in [6.45, 7) is 2.47. The topological polar surface area (TPSA) is 27.7 Å². The third-order valence-corrected chi connectivity index (χ3v) is 7.84. The molecule has 1 aliphatic rings. The fourth-order valence-corrected chi connectivity index (χ4v) is 5.67. The van der Waals surface area contributed by atoms with Gasteiger partial charge in [0.15, 0.2) is 6.29 Å². The molecule has 0 radical (unpaired) electrons. The number of hydrogen-bond acceptors (Lipinski definition) is 3. The molecule has 0 N–H and O–H groups in total. The van der Waals surface area contributed by atoms with Crippen LogP contribution in [-0.2, 0) is 19.8 Å². The van der Waals surface area contributed by atoms with E-state index in [1.165, 1.54) is 80.9 Å². The SMILES string of the molecule is c1ccc(C(OCCCCCCCCCCCCOC2CCCCO2)(c2ccccc2)c2ccccc2)cc1. The van der Waals surface area contributed by atoms with Crippen LogP contribution >= 0.6 is 0 Å². The molecule has 0 saturated carbocycles. The Hall–Kier alpha value is -2.46. The van der Waals surface area contributed by atoms with Gasteiger partial charge in [-0.1, -0.05) is 142 Å². The van der Waals surface area contributed by atoms with Gasteiger partial charge in [-0.3, -0.25) is 0 Å². The highest BCUT2D eigenvalue weighted by Gasteiger charge is 2.37. The summed E-state index contributed by atoms with van der Waals surface area (Å²) in [6.07, 6.45) is 16.3. The number of unbranched alkanes of at least 4 members (excludes halogenated alkanes) is 9. The van der Waals surface area contributed by atoms with Crippen LogP contribution in [0.1, 0.15) is 100 Å². The van der Waals surface area contributed by atoms with Crippen molar-refractivity contribution in [1.82, 2.24) is 0 Å². The van der Waals surface area contributed by atoms with E-state index in [-0.39, 0.29) is 6.29 Å². The molecule has 4 rings (SSSR count). The van der Waals surface area contributed by atoms with E-state index in [0.29, 0.717) is 0 Å². The van der Waals surface area contributed by atoms with Crippen LogP contribution in [0.5, 0.6) is 0 Å². The van der Waals surface area contributed by atoms with Gasteiger partial charge in [0.1, 0.15) is 5.60 Å². The first-order valence-electron chi connectivity index (χ1n) is 15.4. The summed E-state index contributed by atoms with van der Waals surface area (Å²) >= 11 is 0. The first kappa shape index (κ1) is 29.5. The largest absolute Gasteiger partial charge is 0.361 e. The Morgan fingerprint density at radius 3 is 1.41 bits per heavy atom. The van der Waals surface area contributed by atoms with E-state index in [9.17, 15) is 0 Å². The molecule has 1 atom stereocenters. The lowest BCUT2D eigenvalue weighted by atomic mass is 9.80. The first-order valence-corrected chi connectivity index (χ1v) is 15.4. The van der Waals surface area contributed by atoms with Crippen molar-refractivity contribution in [2.24, 2.45) is 0 Å². The van der Waals surface area contributed by atoms with Gasteiger partial charge in [-0.05, 0) is 48.8 Å². The van der Waals surface area contributed by atoms with Crippen molar-refractivity contribution in [3.8, 4) is 0 Å². The van der Waals surface area contributed by atoms with E-state index in [1.807, 2.05) is 0 Å². The summed E-state index contributed by atoms with van der Waals surface area (Å²) in [7, 11) is 0. The second-order valence-electron chi connectivity index (χ2n) is 10.8. The van der Waals surface area contributed by atoms with Crippen LogP contribution in [0.15, 0.2) is 91.0 Å². The van der Waals surface area contributed by atoms with E-state index in [1.54, 1.807) is 0 Å². The van der Waals surface area contributed by atoms with Crippen molar-refractivity contribution in [3.05, 3.63) is 108 Å². The van der Waals surface area contributed by atoms with Crippen LogP contribution < -0.4 is 0 Å². The number of benzene rings is 3. The molecule has 39 heavy (non-hydrogen) atoms. The molecule has 0 bridgehead atoms. The maximum atomic E-state index is 6.90. The fraction of sp³-hybridized carbons (Fsp3) is 0.500. The summed E-state index contributed by atoms with van der Waals surface area (Å²) < 4.78 is 18.4. The van der Waals surface area contributed by atoms with Crippen LogP contribution in [0.25, 0.3) is 0 Å². The summed E-state index contributed by atoms with van der Waals surface area (Å²) in [6, 6.07) is 32.0. The van der Waals surface area contributed by atoms with Gasteiger partial charge in [-0.15, -0.1) is 0 Å². The molecule has 3 nitrogen and oxygen atoms in total. The predicted octanol–water partition coefficient (Wildman–Crippen LogP) is 9.44. The van der Waals surface area contributed by atoms with E-state index in [4.69, 9.17) is 14.2 Å². The quantitative estimate of drug-likeness (QED) is 0.122. The van der Waals surface area contributed by atoms with Gasteiger partial charge in [0.25, 0.3) is 0 Å². The second-order valence-corrected chi connectivity index (χ2v) is 10.8. The lowest BCUT2D eigenvalue weighted by molar-refractivity contribution is -0.162. The highest BCUT2D eigenvalue weighted by Crippen LogP contribution is 2.40. The van der Waals surface area contributed by atoms with E-state index in [2.05, 4.69) is 91.0 Å². The average molecular weight is 529 g/mol. The van der Waals surface area contributed by atoms with E-state index in [0.717, 1.165) is 39.1 Å². The molecule has 1 unspecified atom stereocenters. The molecule has 0 amide bonds. The lowest BCUT2D eigenvalue weighted by Crippen LogP contribution is -2.33. The molecule has 1 saturated heterocycles. The molecule has 3 aromatic rings. The lowest BCUT2D eigenvalue weighted by Gasteiger charge is -2.36. The molecule has 1 heterocycles. The Morgan fingerprint density at radius 2 is 0.974 bits per heavy atom. The zero-order valence-corrected chi connectivity index (χ0v) is 23.8. The summed E-state index contributed by atoms with van der Waals surface area (Å²) in [5.41, 5.74) is 2.93. The van der Waals surface area contributed by atoms with Crippen molar-refractivity contribution in [3.63, 3.8) is 0 Å². The van der Waals surface area contributed by atoms with Gasteiger partial charge in [-0.2, -0.15) is 0 Å². The van der Waals surface area contributed by atoms with Crippen LogP contribution in [0, 0.1) is 0 Å². The molecular weight excluding hydrogens is 480 g/mol. The van der Waals surface area contributed by atoms with Gasteiger partial charge >= 0.3 is 0 Å². The van der Waals surface area contributed by atoms with Crippen LogP contribution in [0.2, 0.25) is 0 Å². The Morgan fingerprint density at radius 1 is 0.538 bits per heavy atom. The van der Waals surface area contributed by atoms with Gasteiger partial charge in [0, 0.05) is 19.8 Å². The molecule has 0 aromatic heterocycles. The van der Waals surface area contributed by atoms with Crippen LogP contribution in [0.4, 0.5) is 0 Å². The Labute approximate surface area is 236 Å². The molecule has 210 valence electrons. The second kappa shape index (κ2) is 17.3. The predicted molar refractivity (Wildman–Crippen MR) is 161 cm³/mol. The summed E-state index contributed by atoms with van der Waals surface area (Å²) in [4.78, 5) is 0. The first-order chi connectivity index (χ1) is 19.4. The third kappa shape index (κ3) is 9.31. The summed E-state index contributed by atoms with van der Waals surface area (Å²) in [5, 5.41) is 0. The zero-order chi connectivity index (χ0) is 26.9. The molecule has 3 heteroatoms. The highest BCUT2D eigenvalue weighted by atomic mass is 16.7. The number of hydrogen-bond donors (Lipinski definition) is 0. The van der Waals surface area contributed by atoms with Crippen molar-refractivity contribution in [2.75, 3.05) is 19.8 Å². The van der Waals surface area contributed by atoms with E-state index >= 15 is 0 Å². The smallest absolute Gasteiger partial charge is 0.157 e. The molecule has 1 fully saturated rings. The fourth-order valence-electron chi connectivity index (χ4n) is 5.67. The molecule has 1 aliphatic heterocycles. The van der Waals surface area contributed by atoms with E-state index < -0.39 is 5.60 Å². The monoisotopic (exact) mass is 528 g/mol. The van der Waals surface area contributed by atoms with Crippen LogP contribution in [-0.4, -0.2) is 26.1 Å².